The maximum atomic E-state index is 12.9. The van der Waals surface area contributed by atoms with Gasteiger partial charge in [0.25, 0.3) is 0 Å². The minimum atomic E-state index is -1.11. The number of anilines is 1. The fraction of sp³-hybridized carbons (Fsp3) is 0.526. The van der Waals surface area contributed by atoms with Crippen molar-refractivity contribution in [3.05, 3.63) is 30.3 Å². The third-order valence-electron chi connectivity index (χ3n) is 4.27. The summed E-state index contributed by atoms with van der Waals surface area (Å²) in [6.07, 6.45) is 0. The molecule has 0 saturated carbocycles. The van der Waals surface area contributed by atoms with Gasteiger partial charge in [-0.25, -0.2) is 4.79 Å². The van der Waals surface area contributed by atoms with Gasteiger partial charge in [0.2, 0.25) is 11.8 Å². The Bertz CT molecular complexity index is 631. The van der Waals surface area contributed by atoms with E-state index in [1.165, 1.54) is 4.90 Å². The molecule has 0 aliphatic heterocycles. The molecule has 3 atom stereocenters. The van der Waals surface area contributed by atoms with Crippen molar-refractivity contribution in [3.8, 4) is 0 Å². The van der Waals surface area contributed by atoms with Crippen LogP contribution in [0.25, 0.3) is 0 Å². The summed E-state index contributed by atoms with van der Waals surface area (Å²) in [5.74, 6) is -2.43. The van der Waals surface area contributed by atoms with Crippen LogP contribution in [0, 0.1) is 11.8 Å². The third-order valence-corrected chi connectivity index (χ3v) is 4.27. The van der Waals surface area contributed by atoms with Gasteiger partial charge in [-0.1, -0.05) is 45.9 Å². The van der Waals surface area contributed by atoms with Gasteiger partial charge in [0.1, 0.15) is 12.1 Å². The molecule has 7 heteroatoms. The second kappa shape index (κ2) is 9.33. The van der Waals surface area contributed by atoms with Gasteiger partial charge in [0, 0.05) is 5.69 Å². The first-order valence-corrected chi connectivity index (χ1v) is 8.74. The molecule has 1 rings (SSSR count). The quantitative estimate of drug-likeness (QED) is 0.649. The first-order valence-electron chi connectivity index (χ1n) is 8.74. The van der Waals surface area contributed by atoms with Crippen molar-refractivity contribution in [3.63, 3.8) is 0 Å². The molecule has 0 radical (unpaired) electrons. The van der Waals surface area contributed by atoms with Crippen LogP contribution in [0.5, 0.6) is 0 Å². The largest absolute Gasteiger partial charge is 0.480 e. The van der Waals surface area contributed by atoms with Gasteiger partial charge < -0.3 is 16.2 Å². The van der Waals surface area contributed by atoms with Crippen LogP contribution in [0.4, 0.5) is 5.69 Å². The molecule has 0 saturated heterocycles. The summed E-state index contributed by atoms with van der Waals surface area (Å²) in [7, 11) is 0. The summed E-state index contributed by atoms with van der Waals surface area (Å²) >= 11 is 0. The van der Waals surface area contributed by atoms with Crippen molar-refractivity contribution >= 4 is 23.5 Å². The molecule has 1 unspecified atom stereocenters. The lowest BCUT2D eigenvalue weighted by atomic mass is 10.0. The van der Waals surface area contributed by atoms with E-state index in [9.17, 15) is 19.5 Å². The van der Waals surface area contributed by atoms with Gasteiger partial charge in [-0.3, -0.25) is 14.5 Å². The van der Waals surface area contributed by atoms with Gasteiger partial charge in [0.05, 0.1) is 6.04 Å². The van der Waals surface area contributed by atoms with Gasteiger partial charge >= 0.3 is 5.97 Å². The van der Waals surface area contributed by atoms with E-state index in [0.29, 0.717) is 5.69 Å². The zero-order valence-corrected chi connectivity index (χ0v) is 16.0. The SMILES string of the molecule is CC(C)C(N)C(=O)N(c1ccccc1)[C@@H](C)C(=O)N[C@H](C(=O)O)C(C)C. The Morgan fingerprint density at radius 3 is 1.96 bits per heavy atom. The van der Waals surface area contributed by atoms with Crippen LogP contribution in [-0.4, -0.2) is 41.0 Å². The first kappa shape index (κ1) is 21.6. The monoisotopic (exact) mass is 363 g/mol. The molecule has 26 heavy (non-hydrogen) atoms. The highest BCUT2D eigenvalue weighted by Crippen LogP contribution is 2.20. The van der Waals surface area contributed by atoms with Gasteiger partial charge in [-0.05, 0) is 30.9 Å². The molecule has 2 amide bonds. The topological polar surface area (TPSA) is 113 Å². The Balaban J connectivity index is 3.15. The van der Waals surface area contributed by atoms with Crippen molar-refractivity contribution in [2.45, 2.75) is 52.7 Å². The molecule has 0 bridgehead atoms. The average Bonchev–Trinajstić information content (AvgIpc) is 2.58. The highest BCUT2D eigenvalue weighted by molar-refractivity contribution is 6.03. The lowest BCUT2D eigenvalue weighted by Gasteiger charge is -2.32. The average molecular weight is 363 g/mol. The minimum absolute atomic E-state index is 0.105. The van der Waals surface area contributed by atoms with E-state index >= 15 is 0 Å². The van der Waals surface area contributed by atoms with E-state index in [0.717, 1.165) is 0 Å². The van der Waals surface area contributed by atoms with Gasteiger partial charge in [-0.2, -0.15) is 0 Å². The second-order valence-electron chi connectivity index (χ2n) is 7.06. The summed E-state index contributed by atoms with van der Waals surface area (Å²) in [5, 5.41) is 11.8. The second-order valence-corrected chi connectivity index (χ2v) is 7.06. The van der Waals surface area contributed by atoms with Crippen LogP contribution >= 0.6 is 0 Å². The van der Waals surface area contributed by atoms with Crippen LogP contribution in [0.3, 0.4) is 0 Å². The number of hydrogen-bond donors (Lipinski definition) is 3. The molecule has 7 nitrogen and oxygen atoms in total. The number of nitrogens with zero attached hydrogens (tertiary/aromatic N) is 1. The Morgan fingerprint density at radius 1 is 1.00 bits per heavy atom. The normalized spacial score (nSPS) is 14.6. The van der Waals surface area contributed by atoms with Gasteiger partial charge in [-0.15, -0.1) is 0 Å². The zero-order valence-electron chi connectivity index (χ0n) is 16.0. The Labute approximate surface area is 154 Å². The number of nitrogens with one attached hydrogen (secondary N) is 1. The molecule has 4 N–H and O–H groups in total. The van der Waals surface area contributed by atoms with E-state index in [-0.39, 0.29) is 17.7 Å². The molecule has 0 fully saturated rings. The van der Waals surface area contributed by atoms with E-state index < -0.39 is 30.0 Å². The predicted octanol–water partition coefficient (Wildman–Crippen LogP) is 1.62. The smallest absolute Gasteiger partial charge is 0.326 e. The zero-order chi connectivity index (χ0) is 20.0. The van der Waals surface area contributed by atoms with Crippen LogP contribution in [-0.2, 0) is 14.4 Å². The number of benzene rings is 1. The standard InChI is InChI=1S/C19H29N3O4/c1-11(2)15(20)18(24)22(14-9-7-6-8-10-14)13(5)17(23)21-16(12(3)4)19(25)26/h6-13,15-16H,20H2,1-5H3,(H,21,23)(H,25,26)/t13-,15?,16-/m0/s1. The summed E-state index contributed by atoms with van der Waals surface area (Å²) in [5.41, 5.74) is 6.55. The first-order chi connectivity index (χ1) is 12.1. The third kappa shape index (κ3) is 5.29. The van der Waals surface area contributed by atoms with Crippen LogP contribution < -0.4 is 16.0 Å². The summed E-state index contributed by atoms with van der Waals surface area (Å²) in [6.45, 7) is 8.63. The Kier molecular flexibility index (Phi) is 7.76. The number of carboxylic acid groups (broad SMARTS) is 1. The summed E-state index contributed by atoms with van der Waals surface area (Å²) in [4.78, 5) is 38.2. The number of carbonyl (C=O) groups excluding carboxylic acids is 2. The summed E-state index contributed by atoms with van der Waals surface area (Å²) in [6, 6.07) is 6.04. The molecular formula is C19H29N3O4. The molecule has 0 heterocycles. The highest BCUT2D eigenvalue weighted by Gasteiger charge is 2.34. The fourth-order valence-corrected chi connectivity index (χ4v) is 2.48. The van der Waals surface area contributed by atoms with E-state index in [4.69, 9.17) is 5.73 Å². The number of carboxylic acids is 1. The van der Waals surface area contributed by atoms with E-state index in [1.54, 1.807) is 51.1 Å². The number of para-hydroxylation sites is 1. The van der Waals surface area contributed by atoms with Gasteiger partial charge in [0.15, 0.2) is 0 Å². The lowest BCUT2D eigenvalue weighted by molar-refractivity contribution is -0.143. The molecule has 1 aromatic rings. The molecule has 0 aliphatic rings. The predicted molar refractivity (Wildman–Crippen MR) is 101 cm³/mol. The summed E-state index contributed by atoms with van der Waals surface area (Å²) < 4.78 is 0. The number of carbonyl (C=O) groups is 3. The molecule has 0 spiro atoms. The van der Waals surface area contributed by atoms with Crippen molar-refractivity contribution in [1.29, 1.82) is 0 Å². The molecule has 144 valence electrons. The molecular weight excluding hydrogens is 334 g/mol. The maximum Gasteiger partial charge on any atom is 0.326 e. The van der Waals surface area contributed by atoms with E-state index in [1.807, 2.05) is 13.8 Å². The number of aliphatic carboxylic acids is 1. The maximum absolute atomic E-state index is 12.9. The fourth-order valence-electron chi connectivity index (χ4n) is 2.48. The van der Waals surface area contributed by atoms with Crippen LogP contribution in [0.15, 0.2) is 30.3 Å². The van der Waals surface area contributed by atoms with Crippen molar-refractivity contribution in [2.24, 2.45) is 17.6 Å². The van der Waals surface area contributed by atoms with Crippen molar-refractivity contribution < 1.29 is 19.5 Å². The number of hydrogen-bond acceptors (Lipinski definition) is 4. The van der Waals surface area contributed by atoms with Crippen LogP contribution in [0.1, 0.15) is 34.6 Å². The minimum Gasteiger partial charge on any atom is -0.480 e. The highest BCUT2D eigenvalue weighted by atomic mass is 16.4. The van der Waals surface area contributed by atoms with Crippen LogP contribution in [0.2, 0.25) is 0 Å². The van der Waals surface area contributed by atoms with Crippen molar-refractivity contribution in [1.82, 2.24) is 5.32 Å². The molecule has 0 aliphatic carbocycles. The lowest BCUT2D eigenvalue weighted by Crippen LogP contribution is -2.57. The number of amides is 2. The van der Waals surface area contributed by atoms with E-state index in [2.05, 4.69) is 5.32 Å². The molecule has 0 aromatic heterocycles. The number of rotatable bonds is 8. The molecule has 1 aromatic carbocycles. The van der Waals surface area contributed by atoms with Crippen molar-refractivity contribution in [2.75, 3.05) is 4.90 Å². The number of nitrogens with two attached hydrogens (primary N) is 1. The Morgan fingerprint density at radius 2 is 1.54 bits per heavy atom. The Hall–Kier alpha value is -2.41.